The summed E-state index contributed by atoms with van der Waals surface area (Å²) in [6, 6.07) is 1.89. The van der Waals surface area contributed by atoms with Crippen molar-refractivity contribution in [2.24, 2.45) is 0 Å². The summed E-state index contributed by atoms with van der Waals surface area (Å²) in [4.78, 5) is 10.7. The van der Waals surface area contributed by atoms with Crippen LogP contribution in [0.5, 0.6) is 0 Å². The van der Waals surface area contributed by atoms with Crippen LogP contribution in [0.1, 0.15) is 15.9 Å². The lowest BCUT2D eigenvalue weighted by Crippen LogP contribution is -2.11. The molecule has 0 fully saturated rings. The second-order valence-electron chi connectivity index (χ2n) is 3.36. The molecule has 0 spiro atoms. The van der Waals surface area contributed by atoms with Crippen LogP contribution in [-0.2, 0) is 15.6 Å². The molecule has 7 heteroatoms. The molecule has 0 aromatic heterocycles. The van der Waals surface area contributed by atoms with Gasteiger partial charge in [-0.3, -0.25) is 0 Å². The summed E-state index contributed by atoms with van der Waals surface area (Å²) in [5.41, 5.74) is 4.45. The summed E-state index contributed by atoms with van der Waals surface area (Å²) >= 11 is 0. The molecule has 0 aliphatic rings. The Morgan fingerprint density at radius 2 is 2.06 bits per heavy atom. The van der Waals surface area contributed by atoms with Gasteiger partial charge >= 0.3 is 5.97 Å². The first-order valence-electron chi connectivity index (χ1n) is 4.20. The lowest BCUT2D eigenvalue weighted by atomic mass is 10.1. The third kappa shape index (κ3) is 2.69. The van der Waals surface area contributed by atoms with E-state index < -0.39 is 27.4 Å². The quantitative estimate of drug-likeness (QED) is 0.764. The first-order valence-corrected chi connectivity index (χ1v) is 6.26. The number of nitrogen functional groups attached to an aromatic ring is 1. The molecule has 1 rings (SSSR count). The van der Waals surface area contributed by atoms with E-state index in [9.17, 15) is 17.6 Å². The number of benzene rings is 1. The van der Waals surface area contributed by atoms with Gasteiger partial charge in [0.25, 0.3) is 0 Å². The van der Waals surface area contributed by atoms with Gasteiger partial charge in [0, 0.05) is 11.8 Å². The third-order valence-electron chi connectivity index (χ3n) is 1.94. The molecule has 0 saturated heterocycles. The van der Waals surface area contributed by atoms with E-state index in [0.717, 1.165) is 18.4 Å². The van der Waals surface area contributed by atoms with E-state index in [1.807, 2.05) is 0 Å². The summed E-state index contributed by atoms with van der Waals surface area (Å²) in [6.45, 7) is 0. The number of carboxylic acid groups (broad SMARTS) is 1. The van der Waals surface area contributed by atoms with Gasteiger partial charge in [0.1, 0.15) is 5.82 Å². The Morgan fingerprint density at radius 3 is 2.50 bits per heavy atom. The van der Waals surface area contributed by atoms with Gasteiger partial charge in [0.05, 0.1) is 17.0 Å². The van der Waals surface area contributed by atoms with Crippen LogP contribution < -0.4 is 5.73 Å². The van der Waals surface area contributed by atoms with Crippen molar-refractivity contribution < 1.29 is 22.7 Å². The van der Waals surface area contributed by atoms with Gasteiger partial charge in [-0.2, -0.15) is 0 Å². The fourth-order valence-corrected chi connectivity index (χ4v) is 2.05. The van der Waals surface area contributed by atoms with Crippen molar-refractivity contribution >= 4 is 21.5 Å². The Labute approximate surface area is 91.6 Å². The van der Waals surface area contributed by atoms with Gasteiger partial charge in [-0.25, -0.2) is 17.6 Å². The minimum absolute atomic E-state index is 0.303. The van der Waals surface area contributed by atoms with Crippen molar-refractivity contribution in [3.05, 3.63) is 29.1 Å². The fraction of sp³-hybridized carbons (Fsp3) is 0.222. The monoisotopic (exact) mass is 247 g/mol. The smallest absolute Gasteiger partial charge is 0.337 e. The van der Waals surface area contributed by atoms with Crippen molar-refractivity contribution in [2.45, 2.75) is 5.75 Å². The molecule has 0 saturated carbocycles. The van der Waals surface area contributed by atoms with Crippen LogP contribution >= 0.6 is 0 Å². The Balaban J connectivity index is 3.38. The van der Waals surface area contributed by atoms with Crippen LogP contribution in [-0.4, -0.2) is 25.7 Å². The van der Waals surface area contributed by atoms with E-state index >= 15 is 0 Å². The average molecular weight is 247 g/mol. The molecule has 1 aromatic rings. The summed E-state index contributed by atoms with van der Waals surface area (Å²) < 4.78 is 35.3. The van der Waals surface area contributed by atoms with Crippen molar-refractivity contribution in [2.75, 3.05) is 12.0 Å². The van der Waals surface area contributed by atoms with Gasteiger partial charge in [0.2, 0.25) is 0 Å². The van der Waals surface area contributed by atoms with Crippen molar-refractivity contribution in [3.63, 3.8) is 0 Å². The normalized spacial score (nSPS) is 11.4. The second kappa shape index (κ2) is 4.09. The molecule has 5 nitrogen and oxygen atoms in total. The van der Waals surface area contributed by atoms with Crippen molar-refractivity contribution in [1.29, 1.82) is 0 Å². The molecule has 88 valence electrons. The van der Waals surface area contributed by atoms with Crippen LogP contribution in [0.15, 0.2) is 12.1 Å². The highest BCUT2D eigenvalue weighted by Gasteiger charge is 2.18. The average Bonchev–Trinajstić information content (AvgIpc) is 2.10. The van der Waals surface area contributed by atoms with Crippen LogP contribution in [0, 0.1) is 5.82 Å². The molecule has 0 aliphatic heterocycles. The number of anilines is 1. The highest BCUT2D eigenvalue weighted by atomic mass is 32.2. The molecule has 16 heavy (non-hydrogen) atoms. The Kier molecular flexibility index (Phi) is 3.18. The molecule has 0 atom stereocenters. The maximum absolute atomic E-state index is 13.3. The van der Waals surface area contributed by atoms with E-state index in [1.54, 1.807) is 0 Å². The van der Waals surface area contributed by atoms with E-state index in [-0.39, 0.29) is 16.8 Å². The molecular formula is C9H10FNO4S. The number of halogens is 1. The highest BCUT2D eigenvalue weighted by molar-refractivity contribution is 7.89. The number of nitrogens with two attached hydrogens (primary N) is 1. The standard InChI is InChI=1S/C9H10FNO4S/c1-16(14,15)4-6-7(10)3-2-5(8(6)11)9(12)13/h2-3H,4,11H2,1H3,(H,12,13). The largest absolute Gasteiger partial charge is 0.478 e. The van der Waals surface area contributed by atoms with E-state index in [0.29, 0.717) is 0 Å². The highest BCUT2D eigenvalue weighted by Crippen LogP contribution is 2.23. The number of carboxylic acids is 1. The minimum Gasteiger partial charge on any atom is -0.478 e. The lowest BCUT2D eigenvalue weighted by Gasteiger charge is -2.08. The number of carbonyl (C=O) groups is 1. The van der Waals surface area contributed by atoms with Crippen LogP contribution in [0.4, 0.5) is 10.1 Å². The Bertz CT molecular complexity index is 539. The molecule has 0 heterocycles. The minimum atomic E-state index is -3.48. The molecule has 0 amide bonds. The predicted molar refractivity (Wildman–Crippen MR) is 56.3 cm³/mol. The lowest BCUT2D eigenvalue weighted by molar-refractivity contribution is 0.0698. The van der Waals surface area contributed by atoms with E-state index in [1.165, 1.54) is 0 Å². The van der Waals surface area contributed by atoms with Crippen molar-refractivity contribution in [1.82, 2.24) is 0 Å². The Hall–Kier alpha value is -1.63. The molecule has 0 aliphatic carbocycles. The van der Waals surface area contributed by atoms with Crippen LogP contribution in [0.3, 0.4) is 0 Å². The first-order chi connectivity index (χ1) is 7.22. The number of rotatable bonds is 3. The fourth-order valence-electron chi connectivity index (χ4n) is 1.23. The molecule has 0 radical (unpaired) electrons. The molecule has 3 N–H and O–H groups in total. The number of hydrogen-bond acceptors (Lipinski definition) is 4. The van der Waals surface area contributed by atoms with E-state index in [2.05, 4.69) is 0 Å². The summed E-state index contributed by atoms with van der Waals surface area (Å²) in [6.07, 6.45) is 0.916. The first kappa shape index (κ1) is 12.4. The summed E-state index contributed by atoms with van der Waals surface area (Å²) in [7, 11) is -3.48. The summed E-state index contributed by atoms with van der Waals surface area (Å²) in [5, 5.41) is 8.73. The topological polar surface area (TPSA) is 97.5 Å². The molecular weight excluding hydrogens is 237 g/mol. The number of hydrogen-bond donors (Lipinski definition) is 2. The number of aromatic carboxylic acids is 1. The second-order valence-corrected chi connectivity index (χ2v) is 5.50. The van der Waals surface area contributed by atoms with Gasteiger partial charge in [0.15, 0.2) is 9.84 Å². The van der Waals surface area contributed by atoms with Gasteiger partial charge in [-0.15, -0.1) is 0 Å². The van der Waals surface area contributed by atoms with E-state index in [4.69, 9.17) is 10.8 Å². The predicted octanol–water partition coefficient (Wildman–Crippen LogP) is 0.651. The molecule has 1 aromatic carbocycles. The van der Waals surface area contributed by atoms with Crippen LogP contribution in [0.25, 0.3) is 0 Å². The molecule has 0 unspecified atom stereocenters. The SMILES string of the molecule is CS(=O)(=O)Cc1c(F)ccc(C(=O)O)c1N. The van der Waals surface area contributed by atoms with Gasteiger partial charge < -0.3 is 10.8 Å². The number of sulfone groups is 1. The van der Waals surface area contributed by atoms with Gasteiger partial charge in [-0.1, -0.05) is 0 Å². The van der Waals surface area contributed by atoms with Gasteiger partial charge in [-0.05, 0) is 12.1 Å². The van der Waals surface area contributed by atoms with Crippen LogP contribution in [0.2, 0.25) is 0 Å². The maximum atomic E-state index is 13.3. The third-order valence-corrected chi connectivity index (χ3v) is 2.75. The zero-order valence-corrected chi connectivity index (χ0v) is 9.21. The Morgan fingerprint density at radius 1 is 1.50 bits per heavy atom. The zero-order valence-electron chi connectivity index (χ0n) is 8.40. The molecule has 0 bridgehead atoms. The summed E-state index contributed by atoms with van der Waals surface area (Å²) in [5.74, 6) is -2.77. The zero-order chi connectivity index (χ0) is 12.5. The van der Waals surface area contributed by atoms with Crippen molar-refractivity contribution in [3.8, 4) is 0 Å². The maximum Gasteiger partial charge on any atom is 0.337 e.